The molecule has 148 valence electrons. The molecule has 26 heavy (non-hydrogen) atoms. The number of aliphatic hydroxyl groups is 1. The lowest BCUT2D eigenvalue weighted by atomic mass is 9.92. The number of likely N-dealkylation sites (N-methyl/N-ethyl adjacent to an activating group) is 1. The molecule has 0 unspecified atom stereocenters. The molecule has 0 heterocycles. The summed E-state index contributed by atoms with van der Waals surface area (Å²) < 4.78 is 86.4. The number of rotatable bonds is 7. The summed E-state index contributed by atoms with van der Waals surface area (Å²) in [5.74, 6) is -0.657. The first-order valence-corrected chi connectivity index (χ1v) is 7.16. The molecule has 0 aliphatic rings. The molecule has 0 spiro atoms. The lowest BCUT2D eigenvalue weighted by Crippen LogP contribution is -2.53. The summed E-state index contributed by atoms with van der Waals surface area (Å²) in [5.41, 5.74) is -6.21. The first kappa shape index (κ1) is 22.0. The van der Waals surface area contributed by atoms with Gasteiger partial charge in [-0.15, -0.1) is 0 Å². The van der Waals surface area contributed by atoms with Gasteiger partial charge in [0.25, 0.3) is 5.60 Å². The van der Waals surface area contributed by atoms with Crippen LogP contribution in [0, 0.1) is 0 Å². The summed E-state index contributed by atoms with van der Waals surface area (Å²) in [4.78, 5) is 12.8. The van der Waals surface area contributed by atoms with E-state index in [1.807, 2.05) is 0 Å². The summed E-state index contributed by atoms with van der Waals surface area (Å²) in [6.07, 6.45) is -11.9. The second-order valence-electron chi connectivity index (χ2n) is 5.32. The lowest BCUT2D eigenvalue weighted by molar-refractivity contribution is -0.376. The average Bonchev–Trinajstić information content (AvgIpc) is 2.52. The van der Waals surface area contributed by atoms with E-state index in [0.717, 1.165) is 12.1 Å². The molecule has 1 aromatic rings. The number of methoxy groups -OCH3 is 1. The van der Waals surface area contributed by atoms with E-state index in [0.29, 0.717) is 12.1 Å². The summed E-state index contributed by atoms with van der Waals surface area (Å²) in [6.45, 7) is -0.101. The monoisotopic (exact) mass is 389 g/mol. The minimum absolute atomic E-state index is 0.00626. The molecular formula is C15H17F6NO4. The molecule has 0 bridgehead atoms. The Hall–Kier alpha value is -2.01. The Morgan fingerprint density at radius 3 is 1.96 bits per heavy atom. The number of hydrogen-bond donors (Lipinski definition) is 1. The van der Waals surface area contributed by atoms with Crippen molar-refractivity contribution >= 4 is 11.7 Å². The molecule has 0 fully saturated rings. The Morgan fingerprint density at radius 2 is 1.54 bits per heavy atom. The highest BCUT2D eigenvalue weighted by molar-refractivity contribution is 5.75. The summed E-state index contributed by atoms with van der Waals surface area (Å²) >= 11 is 0. The van der Waals surface area contributed by atoms with Crippen LogP contribution in [0.15, 0.2) is 24.3 Å². The van der Waals surface area contributed by atoms with Crippen molar-refractivity contribution in [2.75, 3.05) is 38.8 Å². The van der Waals surface area contributed by atoms with Crippen LogP contribution in [-0.4, -0.2) is 57.3 Å². The van der Waals surface area contributed by atoms with Crippen molar-refractivity contribution in [3.8, 4) is 0 Å². The van der Waals surface area contributed by atoms with Crippen molar-refractivity contribution in [1.29, 1.82) is 0 Å². The largest absolute Gasteiger partial charge is 0.462 e. The Labute approximate surface area is 145 Å². The fourth-order valence-corrected chi connectivity index (χ4v) is 2.01. The standard InChI is InChI=1S/C15H17F6NO4/c1-22(9-12(23)26-8-7-25-2)11-5-3-10(4-6-11)13(24,14(16,17)18)15(19,20)21/h3-6,24H,7-9H2,1-2H3. The maximum atomic E-state index is 12.8. The number of carbonyl (C=O) groups excluding carboxylic acids is 1. The molecule has 0 aliphatic carbocycles. The fourth-order valence-electron chi connectivity index (χ4n) is 2.01. The third kappa shape index (κ3) is 4.79. The van der Waals surface area contributed by atoms with Crippen molar-refractivity contribution in [3.63, 3.8) is 0 Å². The number of benzene rings is 1. The Morgan fingerprint density at radius 1 is 1.04 bits per heavy atom. The normalized spacial score (nSPS) is 12.8. The van der Waals surface area contributed by atoms with E-state index in [4.69, 9.17) is 4.74 Å². The predicted molar refractivity (Wildman–Crippen MR) is 78.6 cm³/mol. The molecule has 1 rings (SSSR count). The van der Waals surface area contributed by atoms with Crippen molar-refractivity contribution in [2.45, 2.75) is 18.0 Å². The van der Waals surface area contributed by atoms with Crippen molar-refractivity contribution < 1.29 is 45.7 Å². The number of hydrogen-bond acceptors (Lipinski definition) is 5. The summed E-state index contributed by atoms with van der Waals surface area (Å²) in [7, 11) is 2.80. The first-order valence-electron chi connectivity index (χ1n) is 7.16. The zero-order valence-electron chi connectivity index (χ0n) is 13.8. The fraction of sp³-hybridized carbons (Fsp3) is 0.533. The highest BCUT2D eigenvalue weighted by Crippen LogP contribution is 2.50. The van der Waals surface area contributed by atoms with E-state index in [2.05, 4.69) is 4.74 Å². The Bertz CT molecular complexity index is 586. The van der Waals surface area contributed by atoms with Gasteiger partial charge in [-0.3, -0.25) is 4.79 Å². The van der Waals surface area contributed by atoms with Gasteiger partial charge in [-0.1, -0.05) is 12.1 Å². The average molecular weight is 389 g/mol. The van der Waals surface area contributed by atoms with Crippen LogP contribution in [0.5, 0.6) is 0 Å². The van der Waals surface area contributed by atoms with Gasteiger partial charge in [0, 0.05) is 25.4 Å². The van der Waals surface area contributed by atoms with Crippen LogP contribution in [-0.2, 0) is 19.9 Å². The molecular weight excluding hydrogens is 372 g/mol. The molecule has 1 N–H and O–H groups in total. The van der Waals surface area contributed by atoms with Gasteiger partial charge in [-0.2, -0.15) is 26.3 Å². The third-order valence-corrected chi connectivity index (χ3v) is 3.46. The molecule has 5 nitrogen and oxygen atoms in total. The van der Waals surface area contributed by atoms with Gasteiger partial charge in [0.1, 0.15) is 13.2 Å². The van der Waals surface area contributed by atoms with Crippen LogP contribution < -0.4 is 4.90 Å². The number of alkyl halides is 6. The Balaban J connectivity index is 2.95. The highest BCUT2D eigenvalue weighted by Gasteiger charge is 2.71. The van der Waals surface area contributed by atoms with Gasteiger partial charge in [-0.25, -0.2) is 0 Å². The van der Waals surface area contributed by atoms with E-state index < -0.39 is 29.5 Å². The maximum Gasteiger partial charge on any atom is 0.430 e. The van der Waals surface area contributed by atoms with E-state index in [-0.39, 0.29) is 25.4 Å². The molecule has 0 atom stereocenters. The zero-order valence-corrected chi connectivity index (χ0v) is 13.8. The second kappa shape index (κ2) is 8.12. The van der Waals surface area contributed by atoms with Gasteiger partial charge in [0.2, 0.25) is 0 Å². The molecule has 0 saturated heterocycles. The number of anilines is 1. The molecule has 0 aromatic heterocycles. The van der Waals surface area contributed by atoms with E-state index >= 15 is 0 Å². The molecule has 0 aliphatic heterocycles. The smallest absolute Gasteiger partial charge is 0.430 e. The van der Waals surface area contributed by atoms with Gasteiger partial charge in [0.15, 0.2) is 0 Å². The number of nitrogens with zero attached hydrogens (tertiary/aromatic N) is 1. The Kier molecular flexibility index (Phi) is 6.88. The number of halogens is 6. The summed E-state index contributed by atoms with van der Waals surface area (Å²) in [6, 6.07) is 2.87. The third-order valence-electron chi connectivity index (χ3n) is 3.46. The van der Waals surface area contributed by atoms with E-state index in [1.165, 1.54) is 19.1 Å². The second-order valence-corrected chi connectivity index (χ2v) is 5.32. The van der Waals surface area contributed by atoms with Crippen LogP contribution >= 0.6 is 0 Å². The number of carbonyl (C=O) groups is 1. The van der Waals surface area contributed by atoms with E-state index in [1.54, 1.807) is 0 Å². The topological polar surface area (TPSA) is 59.0 Å². The van der Waals surface area contributed by atoms with Crippen LogP contribution in [0.2, 0.25) is 0 Å². The van der Waals surface area contributed by atoms with Gasteiger partial charge in [0.05, 0.1) is 6.61 Å². The molecule has 0 saturated carbocycles. The highest BCUT2D eigenvalue weighted by atomic mass is 19.4. The number of ether oxygens (including phenoxy) is 2. The maximum absolute atomic E-state index is 12.8. The number of esters is 1. The van der Waals surface area contributed by atoms with Crippen LogP contribution in [0.4, 0.5) is 32.0 Å². The lowest BCUT2D eigenvalue weighted by Gasteiger charge is -2.33. The SMILES string of the molecule is COCCOC(=O)CN(C)c1ccc(C(O)(C(F)(F)F)C(F)(F)F)cc1. The molecule has 0 amide bonds. The summed E-state index contributed by atoms with van der Waals surface area (Å²) in [5, 5.41) is 9.30. The quantitative estimate of drug-likeness (QED) is 0.442. The van der Waals surface area contributed by atoms with Gasteiger partial charge >= 0.3 is 18.3 Å². The van der Waals surface area contributed by atoms with Gasteiger partial charge in [-0.05, 0) is 12.1 Å². The van der Waals surface area contributed by atoms with Crippen LogP contribution in [0.3, 0.4) is 0 Å². The van der Waals surface area contributed by atoms with Gasteiger partial charge < -0.3 is 19.5 Å². The van der Waals surface area contributed by atoms with Crippen molar-refractivity contribution in [3.05, 3.63) is 29.8 Å². The van der Waals surface area contributed by atoms with Crippen molar-refractivity contribution in [2.24, 2.45) is 0 Å². The minimum atomic E-state index is -5.95. The first-order chi connectivity index (χ1) is 11.8. The predicted octanol–water partition coefficient (Wildman–Crippen LogP) is 2.62. The molecule has 1 aromatic carbocycles. The van der Waals surface area contributed by atoms with Crippen LogP contribution in [0.25, 0.3) is 0 Å². The van der Waals surface area contributed by atoms with Crippen molar-refractivity contribution in [1.82, 2.24) is 0 Å². The molecule has 0 radical (unpaired) electrons. The van der Waals surface area contributed by atoms with E-state index in [9.17, 15) is 36.2 Å². The zero-order chi connectivity index (χ0) is 20.2. The molecule has 11 heteroatoms. The van der Waals surface area contributed by atoms with Crippen LogP contribution in [0.1, 0.15) is 5.56 Å². The minimum Gasteiger partial charge on any atom is -0.462 e.